The Morgan fingerprint density at radius 1 is 0.833 bits per heavy atom. The molecule has 212 valence electrons. The second-order valence-corrected chi connectivity index (χ2v) is 10.6. The van der Waals surface area contributed by atoms with Gasteiger partial charge in [-0.25, -0.2) is 9.69 Å². The van der Waals surface area contributed by atoms with Crippen LogP contribution in [0.4, 0.5) is 16.2 Å². The van der Waals surface area contributed by atoms with Crippen molar-refractivity contribution in [1.82, 2.24) is 4.57 Å². The average Bonchev–Trinajstić information content (AvgIpc) is 3.25. The quantitative estimate of drug-likeness (QED) is 0.223. The normalized spacial score (nSPS) is 10.9. The highest BCUT2D eigenvalue weighted by molar-refractivity contribution is 6.30. The number of fused-ring (bicyclic) bond motifs is 1. The van der Waals surface area contributed by atoms with E-state index in [1.165, 1.54) is 0 Å². The fraction of sp³-hybridized carbons (Fsp3) is 0.147. The van der Waals surface area contributed by atoms with Crippen molar-refractivity contribution in [3.05, 3.63) is 124 Å². The van der Waals surface area contributed by atoms with Crippen molar-refractivity contribution in [2.24, 2.45) is 0 Å². The Bertz CT molecular complexity index is 1790. The van der Waals surface area contributed by atoms with Crippen molar-refractivity contribution >= 4 is 51.7 Å². The molecule has 5 rings (SSSR count). The molecule has 0 bridgehead atoms. The summed E-state index contributed by atoms with van der Waals surface area (Å²) >= 11 is 6.05. The van der Waals surface area contributed by atoms with Gasteiger partial charge in [0.2, 0.25) is 5.91 Å². The molecular formula is C34H30ClN3O4. The molecule has 0 spiro atoms. The zero-order chi connectivity index (χ0) is 30.0. The van der Waals surface area contributed by atoms with Crippen LogP contribution in [0.2, 0.25) is 5.02 Å². The molecule has 42 heavy (non-hydrogen) atoms. The van der Waals surface area contributed by atoms with E-state index in [9.17, 15) is 14.4 Å². The molecule has 3 amide bonds. The number of carbonyl (C=O) groups is 3. The van der Waals surface area contributed by atoms with Gasteiger partial charge in [-0.3, -0.25) is 14.2 Å². The third-order valence-electron chi connectivity index (χ3n) is 7.21. The van der Waals surface area contributed by atoms with E-state index in [0.29, 0.717) is 49.9 Å². The lowest BCUT2D eigenvalue weighted by molar-refractivity contribution is -0.117. The number of amides is 3. The number of benzene rings is 4. The number of nitrogens with zero attached hydrogens (tertiary/aromatic N) is 2. The van der Waals surface area contributed by atoms with E-state index in [1.54, 1.807) is 85.3 Å². The Balaban J connectivity index is 1.57. The summed E-state index contributed by atoms with van der Waals surface area (Å²) in [6, 6.07) is 26.0. The molecule has 8 heteroatoms. The number of aromatic nitrogens is 1. The van der Waals surface area contributed by atoms with Crippen LogP contribution >= 0.6 is 11.6 Å². The largest absolute Gasteiger partial charge is 0.497 e. The van der Waals surface area contributed by atoms with Crippen molar-refractivity contribution < 1.29 is 19.1 Å². The zero-order valence-electron chi connectivity index (χ0n) is 23.8. The molecule has 5 aromatic rings. The maximum atomic E-state index is 14.0. The summed E-state index contributed by atoms with van der Waals surface area (Å²) in [6.45, 7) is 5.69. The highest BCUT2D eigenvalue weighted by Crippen LogP contribution is 2.32. The lowest BCUT2D eigenvalue weighted by Gasteiger charge is -2.22. The number of nitrogens with one attached hydrogen (secondary N) is 1. The molecule has 0 atom stereocenters. The van der Waals surface area contributed by atoms with E-state index in [2.05, 4.69) is 5.32 Å². The summed E-state index contributed by atoms with van der Waals surface area (Å²) in [5.74, 6) is -0.127. The lowest BCUT2D eigenvalue weighted by Crippen LogP contribution is -2.41. The number of rotatable bonds is 6. The van der Waals surface area contributed by atoms with Crippen molar-refractivity contribution in [2.45, 2.75) is 27.2 Å². The lowest BCUT2D eigenvalue weighted by atomic mass is 10.1. The van der Waals surface area contributed by atoms with Crippen LogP contribution in [0, 0.1) is 20.8 Å². The van der Waals surface area contributed by atoms with Crippen molar-refractivity contribution in [1.29, 1.82) is 0 Å². The molecule has 7 nitrogen and oxygen atoms in total. The van der Waals surface area contributed by atoms with Crippen molar-refractivity contribution in [3.8, 4) is 5.75 Å². The van der Waals surface area contributed by atoms with E-state index in [1.807, 2.05) is 38.1 Å². The van der Waals surface area contributed by atoms with Crippen molar-refractivity contribution in [3.63, 3.8) is 0 Å². The van der Waals surface area contributed by atoms with Gasteiger partial charge in [-0.15, -0.1) is 0 Å². The number of methoxy groups -OCH3 is 1. The molecule has 1 N–H and O–H groups in total. The van der Waals surface area contributed by atoms with Gasteiger partial charge in [-0.05, 0) is 93.1 Å². The van der Waals surface area contributed by atoms with Crippen LogP contribution in [0.5, 0.6) is 5.75 Å². The Labute approximate surface area is 249 Å². The smallest absolute Gasteiger partial charge is 0.333 e. The van der Waals surface area contributed by atoms with Crippen LogP contribution in [0.25, 0.3) is 10.9 Å². The topological polar surface area (TPSA) is 80.6 Å². The van der Waals surface area contributed by atoms with Gasteiger partial charge in [0.25, 0.3) is 5.91 Å². The maximum Gasteiger partial charge on any atom is 0.333 e. The first-order valence-corrected chi connectivity index (χ1v) is 13.8. The molecule has 4 aromatic carbocycles. The molecule has 0 aliphatic rings. The third kappa shape index (κ3) is 5.78. The predicted octanol–water partition coefficient (Wildman–Crippen LogP) is 7.72. The summed E-state index contributed by atoms with van der Waals surface area (Å²) in [5.41, 5.74) is 5.35. The van der Waals surface area contributed by atoms with Crippen LogP contribution in [-0.2, 0) is 11.2 Å². The van der Waals surface area contributed by atoms with Crippen LogP contribution in [0.3, 0.4) is 0 Å². The summed E-state index contributed by atoms with van der Waals surface area (Å²) in [7, 11) is 1.56. The van der Waals surface area contributed by atoms with E-state index in [4.69, 9.17) is 16.3 Å². The zero-order valence-corrected chi connectivity index (χ0v) is 24.5. The minimum Gasteiger partial charge on any atom is -0.497 e. The molecule has 0 saturated heterocycles. The second-order valence-electron chi connectivity index (χ2n) is 10.1. The summed E-state index contributed by atoms with van der Waals surface area (Å²) in [4.78, 5) is 42.5. The fourth-order valence-electron chi connectivity index (χ4n) is 4.91. The highest BCUT2D eigenvalue weighted by atomic mass is 35.5. The van der Waals surface area contributed by atoms with Crippen molar-refractivity contribution in [2.75, 3.05) is 17.3 Å². The third-order valence-corrected chi connectivity index (χ3v) is 7.46. The van der Waals surface area contributed by atoms with E-state index >= 15 is 0 Å². The molecule has 0 aliphatic carbocycles. The Morgan fingerprint density at radius 2 is 1.45 bits per heavy atom. The Morgan fingerprint density at radius 3 is 2.07 bits per heavy atom. The second kappa shape index (κ2) is 11.9. The molecule has 0 radical (unpaired) electrons. The van der Waals surface area contributed by atoms with Gasteiger partial charge in [0.1, 0.15) is 5.75 Å². The molecule has 0 aliphatic heterocycles. The minimum absolute atomic E-state index is 0.133. The van der Waals surface area contributed by atoms with Crippen LogP contribution in [0.15, 0.2) is 91.0 Å². The molecule has 0 saturated carbocycles. The molecule has 0 unspecified atom stereocenters. The van der Waals surface area contributed by atoms with E-state index in [0.717, 1.165) is 16.0 Å². The number of halogens is 1. The maximum absolute atomic E-state index is 14.0. The monoisotopic (exact) mass is 579 g/mol. The number of anilines is 2. The first-order chi connectivity index (χ1) is 20.2. The Kier molecular flexibility index (Phi) is 8.13. The molecule has 1 aromatic heterocycles. The number of urea groups is 1. The molecular weight excluding hydrogens is 550 g/mol. The van der Waals surface area contributed by atoms with Crippen LogP contribution in [0.1, 0.15) is 32.7 Å². The number of hydrogen-bond acceptors (Lipinski definition) is 4. The molecule has 1 heterocycles. The standard InChI is InChI=1S/C34H30ClN3O4/c1-21-5-13-26(14-6-21)36-34(41)38(27-15-7-22(2)8-16-27)32(39)20-29-23(3)37(31-18-17-28(42-4)19-30(29)31)33(40)24-9-11-25(35)12-10-24/h5-19H,20H2,1-4H3,(H,36,41). The SMILES string of the molecule is COc1ccc2c(c1)c(CC(=O)N(C(=O)Nc1ccc(C)cc1)c1ccc(C)cc1)c(C)n2C(=O)c1ccc(Cl)cc1. The first kappa shape index (κ1) is 28.6. The number of carbonyl (C=O) groups excluding carboxylic acids is 3. The average molecular weight is 580 g/mol. The van der Waals surface area contributed by atoms with Gasteiger partial charge in [-0.2, -0.15) is 0 Å². The van der Waals surface area contributed by atoms with Gasteiger partial charge in [0.15, 0.2) is 0 Å². The van der Waals surface area contributed by atoms with E-state index in [-0.39, 0.29) is 12.3 Å². The first-order valence-electron chi connectivity index (χ1n) is 13.4. The minimum atomic E-state index is -0.580. The Hall–Kier alpha value is -4.88. The summed E-state index contributed by atoms with van der Waals surface area (Å²) in [5, 5.41) is 4.05. The van der Waals surface area contributed by atoms with Gasteiger partial charge in [0.05, 0.1) is 24.7 Å². The highest BCUT2D eigenvalue weighted by Gasteiger charge is 2.28. The predicted molar refractivity (Wildman–Crippen MR) is 167 cm³/mol. The molecule has 0 fully saturated rings. The van der Waals surface area contributed by atoms with Crippen LogP contribution < -0.4 is 15.0 Å². The van der Waals surface area contributed by atoms with Crippen LogP contribution in [-0.4, -0.2) is 29.5 Å². The fourth-order valence-corrected chi connectivity index (χ4v) is 5.04. The van der Waals surface area contributed by atoms with Gasteiger partial charge >= 0.3 is 6.03 Å². The van der Waals surface area contributed by atoms with Gasteiger partial charge in [-0.1, -0.05) is 47.0 Å². The number of imide groups is 1. The van der Waals surface area contributed by atoms with Gasteiger partial charge < -0.3 is 10.1 Å². The van der Waals surface area contributed by atoms with Gasteiger partial charge in [0, 0.05) is 27.4 Å². The van der Waals surface area contributed by atoms with E-state index < -0.39 is 11.9 Å². The number of ether oxygens (including phenoxy) is 1. The number of aryl methyl sites for hydroxylation is 2. The summed E-state index contributed by atoms with van der Waals surface area (Å²) < 4.78 is 7.05. The number of hydrogen-bond donors (Lipinski definition) is 1. The summed E-state index contributed by atoms with van der Waals surface area (Å²) in [6.07, 6.45) is -0.133.